The van der Waals surface area contributed by atoms with Gasteiger partial charge in [-0.3, -0.25) is 0 Å². The summed E-state index contributed by atoms with van der Waals surface area (Å²) in [5.74, 6) is 5.05. The summed E-state index contributed by atoms with van der Waals surface area (Å²) in [5.41, 5.74) is 0.508. The van der Waals surface area contributed by atoms with Crippen molar-refractivity contribution in [2.24, 2.45) is 35.0 Å². The molecule has 0 spiro atoms. The normalized spacial score (nSPS) is 74.5. The first-order valence-corrected chi connectivity index (χ1v) is 4.99. The third-order valence-corrected chi connectivity index (χ3v) is 5.35. The first kappa shape index (κ1) is 5.58. The van der Waals surface area contributed by atoms with E-state index in [4.69, 9.17) is 0 Å². The summed E-state index contributed by atoms with van der Waals surface area (Å²) in [7, 11) is 0. The lowest BCUT2D eigenvalue weighted by Crippen LogP contribution is -2.14. The lowest BCUT2D eigenvalue weighted by molar-refractivity contribution is 0.169. The van der Waals surface area contributed by atoms with Crippen LogP contribution in [0, 0.1) is 35.0 Å². The largest absolute Gasteiger partial charge is 0.396 e. The highest BCUT2D eigenvalue weighted by Crippen LogP contribution is 2.86. The predicted octanol–water partition coefficient (Wildman–Crippen LogP) is 1.27. The molecule has 11 heavy (non-hydrogen) atoms. The summed E-state index contributed by atoms with van der Waals surface area (Å²) in [6.45, 7) is 0.514. The molecule has 4 aliphatic carbocycles. The Labute approximate surface area is 66.8 Å². The Kier molecular flexibility index (Phi) is 0.651. The molecule has 60 valence electrons. The van der Waals surface area contributed by atoms with E-state index in [-0.39, 0.29) is 0 Å². The molecule has 1 nitrogen and oxygen atoms in total. The van der Waals surface area contributed by atoms with Gasteiger partial charge in [-0.1, -0.05) is 0 Å². The van der Waals surface area contributed by atoms with Crippen molar-refractivity contribution in [3.05, 3.63) is 0 Å². The molecule has 0 saturated heterocycles. The van der Waals surface area contributed by atoms with Crippen LogP contribution in [0.5, 0.6) is 0 Å². The maximum atomic E-state index is 9.39. The van der Waals surface area contributed by atoms with Gasteiger partial charge in [0.15, 0.2) is 0 Å². The van der Waals surface area contributed by atoms with Crippen LogP contribution < -0.4 is 0 Å². The van der Waals surface area contributed by atoms with Crippen LogP contribution in [-0.2, 0) is 0 Å². The van der Waals surface area contributed by atoms with Gasteiger partial charge in [0.1, 0.15) is 0 Å². The van der Waals surface area contributed by atoms with Crippen molar-refractivity contribution in [2.45, 2.75) is 19.3 Å². The fraction of sp³-hybridized carbons (Fsp3) is 1.00. The summed E-state index contributed by atoms with van der Waals surface area (Å²) >= 11 is 0. The number of hydrogen-bond acceptors (Lipinski definition) is 1. The van der Waals surface area contributed by atoms with Gasteiger partial charge in [-0.25, -0.2) is 0 Å². The number of aliphatic hydroxyl groups excluding tert-OH is 1. The molecule has 0 heterocycles. The topological polar surface area (TPSA) is 20.2 Å². The molecule has 0 aromatic rings. The van der Waals surface area contributed by atoms with Gasteiger partial charge in [0.05, 0.1) is 0 Å². The van der Waals surface area contributed by atoms with Crippen molar-refractivity contribution in [3.63, 3.8) is 0 Å². The van der Waals surface area contributed by atoms with Gasteiger partial charge < -0.3 is 5.11 Å². The van der Waals surface area contributed by atoms with Gasteiger partial charge in [-0.15, -0.1) is 0 Å². The van der Waals surface area contributed by atoms with Crippen LogP contribution >= 0.6 is 0 Å². The van der Waals surface area contributed by atoms with E-state index in [0.29, 0.717) is 12.0 Å². The monoisotopic (exact) mass is 150 g/mol. The van der Waals surface area contributed by atoms with Crippen molar-refractivity contribution in [3.8, 4) is 0 Å². The van der Waals surface area contributed by atoms with Gasteiger partial charge in [-0.2, -0.15) is 0 Å². The van der Waals surface area contributed by atoms with Crippen molar-refractivity contribution < 1.29 is 5.11 Å². The Morgan fingerprint density at radius 1 is 1.09 bits per heavy atom. The molecule has 2 unspecified atom stereocenters. The average Bonchev–Trinajstić information content (AvgIpc) is 2.50. The van der Waals surface area contributed by atoms with Crippen LogP contribution in [0.3, 0.4) is 0 Å². The molecule has 4 fully saturated rings. The van der Waals surface area contributed by atoms with Crippen molar-refractivity contribution in [2.75, 3.05) is 6.61 Å². The fourth-order valence-electron chi connectivity index (χ4n) is 5.30. The maximum absolute atomic E-state index is 9.39. The van der Waals surface area contributed by atoms with Crippen LogP contribution in [0.25, 0.3) is 0 Å². The first-order valence-electron chi connectivity index (χ1n) is 4.99. The molecule has 0 aliphatic heterocycles. The summed E-state index contributed by atoms with van der Waals surface area (Å²) in [5, 5.41) is 9.39. The predicted molar refractivity (Wildman–Crippen MR) is 40.8 cm³/mol. The minimum atomic E-state index is 0.508. The molecule has 0 radical (unpaired) electrons. The van der Waals surface area contributed by atoms with E-state index in [1.165, 1.54) is 19.3 Å². The van der Waals surface area contributed by atoms with Gasteiger partial charge in [0, 0.05) is 12.0 Å². The van der Waals surface area contributed by atoms with Gasteiger partial charge in [-0.05, 0) is 48.9 Å². The SMILES string of the molecule is OCC12C3C[C@@H]4C[C@@H](C3)[C@H]1[C@@H]42. The Hall–Kier alpha value is -0.0400. The van der Waals surface area contributed by atoms with Gasteiger partial charge in [0.25, 0.3) is 0 Å². The molecule has 0 amide bonds. The Balaban J connectivity index is 1.90. The highest BCUT2D eigenvalue weighted by atomic mass is 16.3. The third-order valence-electron chi connectivity index (χ3n) is 5.35. The first-order chi connectivity index (χ1) is 5.38. The van der Waals surface area contributed by atoms with Crippen LogP contribution in [0.1, 0.15) is 19.3 Å². The maximum Gasteiger partial charge on any atom is 0.0495 e. The van der Waals surface area contributed by atoms with Crippen molar-refractivity contribution in [1.82, 2.24) is 0 Å². The summed E-state index contributed by atoms with van der Waals surface area (Å²) in [6, 6.07) is 0. The van der Waals surface area contributed by atoms with Crippen molar-refractivity contribution in [1.29, 1.82) is 0 Å². The molecule has 1 N–H and O–H groups in total. The highest BCUT2D eigenvalue weighted by Gasteiger charge is 2.82. The second kappa shape index (κ2) is 1.28. The molecule has 1 heteroatoms. The van der Waals surface area contributed by atoms with Crippen molar-refractivity contribution >= 4 is 0 Å². The minimum Gasteiger partial charge on any atom is -0.396 e. The smallest absolute Gasteiger partial charge is 0.0495 e. The Morgan fingerprint density at radius 3 is 2.09 bits per heavy atom. The second-order valence-electron chi connectivity index (χ2n) is 5.25. The lowest BCUT2D eigenvalue weighted by Gasteiger charge is -2.18. The molecular weight excluding hydrogens is 136 g/mol. The highest BCUT2D eigenvalue weighted by molar-refractivity contribution is 5.30. The Bertz CT molecular complexity index is 212. The molecule has 4 saturated carbocycles. The van der Waals surface area contributed by atoms with E-state index in [0.717, 1.165) is 29.6 Å². The van der Waals surface area contributed by atoms with E-state index in [1.54, 1.807) is 0 Å². The zero-order valence-electron chi connectivity index (χ0n) is 6.66. The van der Waals surface area contributed by atoms with E-state index >= 15 is 0 Å². The molecule has 0 bridgehead atoms. The molecule has 0 aromatic carbocycles. The molecule has 4 rings (SSSR count). The Morgan fingerprint density at radius 2 is 1.73 bits per heavy atom. The van der Waals surface area contributed by atoms with Crippen LogP contribution in [-0.4, -0.2) is 11.7 Å². The molecular formula is C10H14O. The number of hydrogen-bond donors (Lipinski definition) is 1. The zero-order chi connectivity index (χ0) is 7.22. The lowest BCUT2D eigenvalue weighted by atomic mass is 9.87. The number of rotatable bonds is 1. The standard InChI is InChI=1S/C10H14O/c11-4-10-7-2-5-1-6(3-7)9(10)8(5)10/h5-9,11H,1-4H2/t5-,6-,7?,8-,9+,10?/m0/s1. The van der Waals surface area contributed by atoms with E-state index < -0.39 is 0 Å². The summed E-state index contributed by atoms with van der Waals surface area (Å²) in [4.78, 5) is 0. The van der Waals surface area contributed by atoms with Crippen LogP contribution in [0.15, 0.2) is 0 Å². The summed E-state index contributed by atoms with van der Waals surface area (Å²) in [6.07, 6.45) is 4.46. The fourth-order valence-corrected chi connectivity index (χ4v) is 5.30. The number of aliphatic hydroxyl groups is 1. The third kappa shape index (κ3) is 0.342. The summed E-state index contributed by atoms with van der Waals surface area (Å²) < 4.78 is 0. The van der Waals surface area contributed by atoms with E-state index in [2.05, 4.69) is 0 Å². The molecule has 0 aromatic heterocycles. The van der Waals surface area contributed by atoms with Crippen LogP contribution in [0.2, 0.25) is 0 Å². The second-order valence-corrected chi connectivity index (χ2v) is 5.25. The van der Waals surface area contributed by atoms with Crippen LogP contribution in [0.4, 0.5) is 0 Å². The van der Waals surface area contributed by atoms with Gasteiger partial charge in [0.2, 0.25) is 0 Å². The molecule has 6 atom stereocenters. The van der Waals surface area contributed by atoms with E-state index in [9.17, 15) is 5.11 Å². The van der Waals surface area contributed by atoms with Gasteiger partial charge >= 0.3 is 0 Å². The quantitative estimate of drug-likeness (QED) is 0.597. The average molecular weight is 150 g/mol. The minimum absolute atomic E-state index is 0.508. The zero-order valence-corrected chi connectivity index (χ0v) is 6.66. The van der Waals surface area contributed by atoms with E-state index in [1.807, 2.05) is 0 Å². The molecule has 4 aliphatic rings.